The van der Waals surface area contributed by atoms with Crippen LogP contribution >= 0.6 is 0 Å². The van der Waals surface area contributed by atoms with Crippen molar-refractivity contribution in [3.8, 4) is 0 Å². The summed E-state index contributed by atoms with van der Waals surface area (Å²) in [7, 11) is 0. The maximum Gasteiger partial charge on any atom is 0.326 e. The molecule has 0 fully saturated rings. The van der Waals surface area contributed by atoms with E-state index in [0.29, 0.717) is 6.42 Å². The zero-order valence-corrected chi connectivity index (χ0v) is 11.3. The highest BCUT2D eigenvalue weighted by atomic mass is 16.4. The second kappa shape index (κ2) is 6.42. The number of rotatable bonds is 5. The highest BCUT2D eigenvalue weighted by Gasteiger charge is 2.29. The number of carbonyl (C=O) groups excluding carboxylic acids is 1. The molecule has 0 aliphatic heterocycles. The number of allylic oxidation sites excluding steroid dienone is 1. The second-order valence-electron chi connectivity index (χ2n) is 5.29. The molecule has 0 saturated heterocycles. The molecule has 0 aromatic rings. The molecule has 2 unspecified atom stereocenters. The standard InChI is InChI=1S/C13H23NO3/c1-6-7-8-10(12(16)17)14-11(15)9(2)13(3,4)5/h6-7,9-10H,8H2,1-5H3,(H,14,15)(H,16,17)/b7-6+. The lowest BCUT2D eigenvalue weighted by Gasteiger charge is -2.27. The first-order chi connectivity index (χ1) is 7.70. The van der Waals surface area contributed by atoms with Crippen LogP contribution in [0.4, 0.5) is 0 Å². The molecule has 17 heavy (non-hydrogen) atoms. The molecule has 0 bridgehead atoms. The average Bonchev–Trinajstić information content (AvgIpc) is 2.20. The van der Waals surface area contributed by atoms with Crippen LogP contribution < -0.4 is 5.32 Å². The fourth-order valence-electron chi connectivity index (χ4n) is 1.18. The highest BCUT2D eigenvalue weighted by molar-refractivity contribution is 5.85. The molecule has 0 rings (SSSR count). The largest absolute Gasteiger partial charge is 0.480 e. The quantitative estimate of drug-likeness (QED) is 0.725. The van der Waals surface area contributed by atoms with Crippen molar-refractivity contribution in [1.82, 2.24) is 5.32 Å². The van der Waals surface area contributed by atoms with Gasteiger partial charge in [0.25, 0.3) is 0 Å². The van der Waals surface area contributed by atoms with E-state index in [1.165, 1.54) is 0 Å². The molecular formula is C13H23NO3. The molecule has 98 valence electrons. The molecular weight excluding hydrogens is 218 g/mol. The average molecular weight is 241 g/mol. The van der Waals surface area contributed by atoms with Crippen molar-refractivity contribution in [2.75, 3.05) is 0 Å². The molecule has 0 heterocycles. The molecule has 0 aliphatic rings. The first-order valence-electron chi connectivity index (χ1n) is 5.84. The summed E-state index contributed by atoms with van der Waals surface area (Å²) in [5, 5.41) is 11.6. The number of carboxylic acids is 1. The van der Waals surface area contributed by atoms with Crippen LogP contribution in [0.2, 0.25) is 0 Å². The third kappa shape index (κ3) is 5.52. The summed E-state index contributed by atoms with van der Waals surface area (Å²) in [6.45, 7) is 9.50. The maximum absolute atomic E-state index is 11.9. The van der Waals surface area contributed by atoms with Gasteiger partial charge in [0.2, 0.25) is 5.91 Å². The predicted molar refractivity (Wildman–Crippen MR) is 67.6 cm³/mol. The Labute approximate surface area is 103 Å². The number of amides is 1. The first kappa shape index (κ1) is 15.7. The molecule has 0 spiro atoms. The fraction of sp³-hybridized carbons (Fsp3) is 0.692. The van der Waals surface area contributed by atoms with E-state index in [9.17, 15) is 9.59 Å². The minimum Gasteiger partial charge on any atom is -0.480 e. The number of hydrogen-bond donors (Lipinski definition) is 2. The summed E-state index contributed by atoms with van der Waals surface area (Å²) in [5.74, 6) is -1.44. The second-order valence-corrected chi connectivity index (χ2v) is 5.29. The normalized spacial score (nSPS) is 15.6. The maximum atomic E-state index is 11.9. The van der Waals surface area contributed by atoms with Gasteiger partial charge in [-0.1, -0.05) is 39.8 Å². The minimum absolute atomic E-state index is 0.173. The van der Waals surface area contributed by atoms with Crippen molar-refractivity contribution in [2.24, 2.45) is 11.3 Å². The van der Waals surface area contributed by atoms with Crippen LogP contribution in [0.15, 0.2) is 12.2 Å². The Morgan fingerprint density at radius 2 is 1.88 bits per heavy atom. The summed E-state index contributed by atoms with van der Waals surface area (Å²) in [4.78, 5) is 22.8. The molecule has 0 aliphatic carbocycles. The van der Waals surface area contributed by atoms with Gasteiger partial charge in [-0.25, -0.2) is 4.79 Å². The molecule has 2 N–H and O–H groups in total. The smallest absolute Gasteiger partial charge is 0.326 e. The van der Waals surface area contributed by atoms with Crippen LogP contribution in [0.3, 0.4) is 0 Å². The van der Waals surface area contributed by atoms with Crippen LogP contribution in [-0.2, 0) is 9.59 Å². The van der Waals surface area contributed by atoms with E-state index in [4.69, 9.17) is 5.11 Å². The Morgan fingerprint density at radius 3 is 2.24 bits per heavy atom. The van der Waals surface area contributed by atoms with Gasteiger partial charge in [0.15, 0.2) is 0 Å². The van der Waals surface area contributed by atoms with Crippen molar-refractivity contribution in [2.45, 2.75) is 47.1 Å². The summed E-state index contributed by atoms with van der Waals surface area (Å²) >= 11 is 0. The Morgan fingerprint density at radius 1 is 1.35 bits per heavy atom. The number of aliphatic carboxylic acids is 1. The summed E-state index contributed by atoms with van der Waals surface area (Å²) in [5.41, 5.74) is -0.173. The molecule has 0 radical (unpaired) electrons. The zero-order chi connectivity index (χ0) is 13.6. The number of hydrogen-bond acceptors (Lipinski definition) is 2. The van der Waals surface area contributed by atoms with E-state index in [-0.39, 0.29) is 17.2 Å². The predicted octanol–water partition coefficient (Wildman–Crippen LogP) is 2.20. The van der Waals surface area contributed by atoms with Gasteiger partial charge in [0, 0.05) is 5.92 Å². The molecule has 4 nitrogen and oxygen atoms in total. The highest BCUT2D eigenvalue weighted by Crippen LogP contribution is 2.25. The lowest BCUT2D eigenvalue weighted by Crippen LogP contribution is -2.45. The number of carboxylic acid groups (broad SMARTS) is 1. The molecule has 0 aromatic heterocycles. The SMILES string of the molecule is C/C=C/CC(NC(=O)C(C)C(C)(C)C)C(=O)O. The van der Waals surface area contributed by atoms with Gasteiger partial charge >= 0.3 is 5.97 Å². The molecule has 4 heteroatoms. The Bertz CT molecular complexity index is 302. The fourth-order valence-corrected chi connectivity index (χ4v) is 1.18. The third-order valence-corrected chi connectivity index (χ3v) is 2.91. The molecule has 0 saturated carbocycles. The summed E-state index contributed by atoms with van der Waals surface area (Å²) in [6, 6.07) is -0.844. The van der Waals surface area contributed by atoms with Crippen LogP contribution in [0.5, 0.6) is 0 Å². The van der Waals surface area contributed by atoms with Crippen molar-refractivity contribution < 1.29 is 14.7 Å². The van der Waals surface area contributed by atoms with Gasteiger partial charge in [-0.15, -0.1) is 0 Å². The number of carbonyl (C=O) groups is 2. The molecule has 1 amide bonds. The van der Waals surface area contributed by atoms with E-state index in [0.717, 1.165) is 0 Å². The Balaban J connectivity index is 4.56. The minimum atomic E-state index is -1.00. The van der Waals surface area contributed by atoms with E-state index in [1.54, 1.807) is 12.2 Å². The van der Waals surface area contributed by atoms with Crippen LogP contribution in [0.1, 0.15) is 41.0 Å². The van der Waals surface area contributed by atoms with Gasteiger partial charge in [0.05, 0.1) is 0 Å². The van der Waals surface area contributed by atoms with E-state index in [2.05, 4.69) is 5.32 Å². The molecule has 0 aromatic carbocycles. The van der Waals surface area contributed by atoms with Crippen LogP contribution in [0.25, 0.3) is 0 Å². The van der Waals surface area contributed by atoms with Gasteiger partial charge in [0.1, 0.15) is 6.04 Å². The van der Waals surface area contributed by atoms with Crippen molar-refractivity contribution >= 4 is 11.9 Å². The van der Waals surface area contributed by atoms with Gasteiger partial charge in [-0.2, -0.15) is 0 Å². The van der Waals surface area contributed by atoms with Gasteiger partial charge < -0.3 is 10.4 Å². The van der Waals surface area contributed by atoms with Crippen LogP contribution in [0, 0.1) is 11.3 Å². The summed E-state index contributed by atoms with van der Waals surface area (Å²) < 4.78 is 0. The Hall–Kier alpha value is -1.32. The van der Waals surface area contributed by atoms with Crippen molar-refractivity contribution in [3.63, 3.8) is 0 Å². The zero-order valence-electron chi connectivity index (χ0n) is 11.3. The monoisotopic (exact) mass is 241 g/mol. The first-order valence-corrected chi connectivity index (χ1v) is 5.84. The van der Waals surface area contributed by atoms with E-state index in [1.807, 2.05) is 34.6 Å². The topological polar surface area (TPSA) is 66.4 Å². The third-order valence-electron chi connectivity index (χ3n) is 2.91. The van der Waals surface area contributed by atoms with Crippen molar-refractivity contribution in [3.05, 3.63) is 12.2 Å². The van der Waals surface area contributed by atoms with Gasteiger partial charge in [-0.05, 0) is 18.8 Å². The lowest BCUT2D eigenvalue weighted by molar-refractivity contribution is -0.143. The number of nitrogens with one attached hydrogen (secondary N) is 1. The molecule has 2 atom stereocenters. The van der Waals surface area contributed by atoms with E-state index < -0.39 is 12.0 Å². The van der Waals surface area contributed by atoms with E-state index >= 15 is 0 Å². The van der Waals surface area contributed by atoms with Crippen LogP contribution in [-0.4, -0.2) is 23.0 Å². The van der Waals surface area contributed by atoms with Gasteiger partial charge in [-0.3, -0.25) is 4.79 Å². The summed E-state index contributed by atoms with van der Waals surface area (Å²) in [6.07, 6.45) is 3.82. The van der Waals surface area contributed by atoms with Crippen molar-refractivity contribution in [1.29, 1.82) is 0 Å². The Kier molecular flexibility index (Phi) is 5.93. The lowest BCUT2D eigenvalue weighted by atomic mass is 9.81.